The third kappa shape index (κ3) is 37.7. The van der Waals surface area contributed by atoms with Crippen LogP contribution in [0.5, 0.6) is 0 Å². The zero-order chi connectivity index (χ0) is 39.5. The summed E-state index contributed by atoms with van der Waals surface area (Å²) in [5, 5.41) is 0. The molecule has 10 nitrogen and oxygen atoms in total. The second kappa shape index (κ2) is 34.2. The molecule has 0 aromatic rings. The number of unbranched alkanes of at least 4 members (excludes halogenated alkanes) is 13. The summed E-state index contributed by atoms with van der Waals surface area (Å²) in [6.45, 7) is 3.88. The number of phosphoric ester groups is 1. The van der Waals surface area contributed by atoms with Crippen molar-refractivity contribution in [1.29, 1.82) is 0 Å². The van der Waals surface area contributed by atoms with Gasteiger partial charge in [0.05, 0.1) is 27.7 Å². The molecule has 0 bridgehead atoms. The van der Waals surface area contributed by atoms with Gasteiger partial charge in [0.25, 0.3) is 7.82 Å². The summed E-state index contributed by atoms with van der Waals surface area (Å²) in [6, 6.07) is 0. The number of nitrogens with zero attached hydrogens (tertiary/aromatic N) is 1. The van der Waals surface area contributed by atoms with E-state index in [0.29, 0.717) is 17.4 Å². The Labute approximate surface area is 322 Å². The molecule has 0 aromatic carbocycles. The zero-order valence-electron chi connectivity index (χ0n) is 33.9. The molecule has 0 aliphatic carbocycles. The Morgan fingerprint density at radius 1 is 0.642 bits per heavy atom. The molecule has 1 unspecified atom stereocenters. The maximum absolute atomic E-state index is 12.6. The maximum Gasteiger partial charge on any atom is 0.306 e. The first-order chi connectivity index (χ1) is 25.4. The Morgan fingerprint density at radius 2 is 1.21 bits per heavy atom. The minimum atomic E-state index is -4.68. The van der Waals surface area contributed by atoms with Crippen LogP contribution < -0.4 is 4.89 Å². The van der Waals surface area contributed by atoms with E-state index in [2.05, 4.69) is 38.2 Å². The zero-order valence-corrected chi connectivity index (χ0v) is 34.8. The standard InChI is InChI=1S/C42H74NO9P/c1-6-8-10-12-14-16-18-19-21-22-24-26-28-31-39(44)32-30-34-42(46)52-40(38-51-53(47,48)50-36-35-43(3,4)5)37-49-41(45)33-29-27-25-23-20-17-15-13-11-9-7-2/h14,16,19,21,24,26,28,31,40H,6-13,15,17-18,20,22-23,25,27,29-30,32-38H2,1-5H3/b16-14-,21-19-,26-24-,31-28+/t40-/m1/s1. The molecule has 0 heterocycles. The van der Waals surface area contributed by atoms with Crippen LogP contribution in [0.3, 0.4) is 0 Å². The van der Waals surface area contributed by atoms with Crippen LogP contribution in [-0.2, 0) is 37.5 Å². The SMILES string of the molecule is CCCCC/C=C\C/C=C\C/C=C\C=C\C(=O)CCCC(=O)O[C@H](COC(=O)CCCCCCCCCCCCC)COP(=O)([O-])OCC[N+](C)(C)C. The van der Waals surface area contributed by atoms with Crippen LogP contribution in [0.1, 0.15) is 149 Å². The van der Waals surface area contributed by atoms with Crippen molar-refractivity contribution in [2.24, 2.45) is 0 Å². The van der Waals surface area contributed by atoms with E-state index in [1.807, 2.05) is 33.3 Å². The molecule has 0 amide bonds. The Kier molecular flexibility index (Phi) is 32.6. The number of phosphoric acid groups is 1. The number of hydrogen-bond donors (Lipinski definition) is 0. The molecule has 0 spiro atoms. The van der Waals surface area contributed by atoms with Crippen LogP contribution in [0.15, 0.2) is 48.6 Å². The fourth-order valence-corrected chi connectivity index (χ4v) is 5.81. The number of carbonyl (C=O) groups is 3. The summed E-state index contributed by atoms with van der Waals surface area (Å²) in [4.78, 5) is 49.6. The lowest BCUT2D eigenvalue weighted by Crippen LogP contribution is -2.37. The van der Waals surface area contributed by atoms with Crippen molar-refractivity contribution in [1.82, 2.24) is 0 Å². The lowest BCUT2D eigenvalue weighted by Gasteiger charge is -2.28. The monoisotopic (exact) mass is 768 g/mol. The van der Waals surface area contributed by atoms with Crippen molar-refractivity contribution in [2.45, 2.75) is 155 Å². The number of allylic oxidation sites excluding steroid dienone is 8. The maximum atomic E-state index is 12.6. The first kappa shape index (κ1) is 50.6. The van der Waals surface area contributed by atoms with E-state index in [4.69, 9.17) is 18.5 Å². The number of ketones is 1. The first-order valence-corrected chi connectivity index (χ1v) is 21.8. The highest BCUT2D eigenvalue weighted by molar-refractivity contribution is 7.45. The van der Waals surface area contributed by atoms with Gasteiger partial charge in [-0.05, 0) is 44.6 Å². The highest BCUT2D eigenvalue weighted by atomic mass is 31.2. The minimum absolute atomic E-state index is 0.0640. The van der Waals surface area contributed by atoms with Gasteiger partial charge in [-0.1, -0.05) is 133 Å². The van der Waals surface area contributed by atoms with Crippen LogP contribution in [0, 0.1) is 0 Å². The summed E-state index contributed by atoms with van der Waals surface area (Å²) in [5.41, 5.74) is 0. The molecule has 0 N–H and O–H groups in total. The number of quaternary nitrogens is 1. The Hall–Kier alpha value is -2.36. The van der Waals surface area contributed by atoms with Gasteiger partial charge in [-0.3, -0.25) is 18.9 Å². The third-order valence-electron chi connectivity index (χ3n) is 8.33. The predicted molar refractivity (Wildman–Crippen MR) is 213 cm³/mol. The average Bonchev–Trinajstić information content (AvgIpc) is 3.09. The lowest BCUT2D eigenvalue weighted by molar-refractivity contribution is -0.870. The highest BCUT2D eigenvalue weighted by Gasteiger charge is 2.22. The average molecular weight is 768 g/mol. The van der Waals surface area contributed by atoms with Gasteiger partial charge in [-0.25, -0.2) is 0 Å². The predicted octanol–water partition coefficient (Wildman–Crippen LogP) is 9.68. The summed E-state index contributed by atoms with van der Waals surface area (Å²) in [6.07, 6.45) is 34.3. The van der Waals surface area contributed by atoms with E-state index >= 15 is 0 Å². The van der Waals surface area contributed by atoms with Crippen LogP contribution >= 0.6 is 7.82 Å². The van der Waals surface area contributed by atoms with Crippen molar-refractivity contribution in [3.05, 3.63) is 48.6 Å². The van der Waals surface area contributed by atoms with Gasteiger partial charge in [0, 0.05) is 19.3 Å². The van der Waals surface area contributed by atoms with E-state index in [1.54, 1.807) is 6.08 Å². The molecule has 0 fully saturated rings. The summed E-state index contributed by atoms with van der Waals surface area (Å²) >= 11 is 0. The summed E-state index contributed by atoms with van der Waals surface area (Å²) < 4.78 is 33.5. The number of esters is 2. The topological polar surface area (TPSA) is 128 Å². The van der Waals surface area contributed by atoms with Gasteiger partial charge in [0.15, 0.2) is 11.9 Å². The van der Waals surface area contributed by atoms with Crippen molar-refractivity contribution in [2.75, 3.05) is 47.5 Å². The Morgan fingerprint density at radius 3 is 1.85 bits per heavy atom. The Bertz CT molecular complexity index is 1110. The van der Waals surface area contributed by atoms with E-state index in [-0.39, 0.29) is 44.7 Å². The molecule has 0 radical (unpaired) electrons. The molecular formula is C42H74NO9P. The van der Waals surface area contributed by atoms with E-state index in [0.717, 1.165) is 38.5 Å². The van der Waals surface area contributed by atoms with Gasteiger partial charge in [0.2, 0.25) is 0 Å². The number of hydrogen-bond acceptors (Lipinski definition) is 9. The van der Waals surface area contributed by atoms with E-state index in [9.17, 15) is 23.8 Å². The van der Waals surface area contributed by atoms with Gasteiger partial charge in [0.1, 0.15) is 19.8 Å². The first-order valence-electron chi connectivity index (χ1n) is 20.3. The van der Waals surface area contributed by atoms with E-state index in [1.165, 1.54) is 70.3 Å². The molecule has 0 saturated heterocycles. The molecular weight excluding hydrogens is 693 g/mol. The smallest absolute Gasteiger partial charge is 0.306 e. The van der Waals surface area contributed by atoms with Crippen molar-refractivity contribution in [3.8, 4) is 0 Å². The minimum Gasteiger partial charge on any atom is -0.756 e. The fraction of sp³-hybridized carbons (Fsp3) is 0.738. The molecule has 0 rings (SSSR count). The van der Waals surface area contributed by atoms with Crippen molar-refractivity contribution >= 4 is 25.5 Å². The largest absolute Gasteiger partial charge is 0.756 e. The number of rotatable bonds is 36. The second-order valence-corrected chi connectivity index (χ2v) is 16.1. The Balaban J connectivity index is 4.63. The quantitative estimate of drug-likeness (QED) is 0.0116. The van der Waals surface area contributed by atoms with Crippen LogP contribution in [0.2, 0.25) is 0 Å². The van der Waals surface area contributed by atoms with Gasteiger partial charge < -0.3 is 27.9 Å². The molecule has 0 aliphatic rings. The molecule has 306 valence electrons. The third-order valence-corrected chi connectivity index (χ3v) is 9.29. The van der Waals surface area contributed by atoms with Gasteiger partial charge in [-0.15, -0.1) is 0 Å². The second-order valence-electron chi connectivity index (χ2n) is 14.7. The summed E-state index contributed by atoms with van der Waals surface area (Å²) in [7, 11) is 1.02. The number of ether oxygens (including phenoxy) is 2. The molecule has 2 atom stereocenters. The molecule has 11 heteroatoms. The molecule has 0 aliphatic heterocycles. The van der Waals surface area contributed by atoms with Crippen LogP contribution in [-0.4, -0.2) is 75.8 Å². The normalized spacial score (nSPS) is 14.1. The molecule has 0 saturated carbocycles. The summed E-state index contributed by atoms with van der Waals surface area (Å²) in [5.74, 6) is -1.22. The number of likely N-dealkylation sites (N-methyl/N-ethyl adjacent to an activating group) is 1. The van der Waals surface area contributed by atoms with Crippen molar-refractivity contribution in [3.63, 3.8) is 0 Å². The van der Waals surface area contributed by atoms with Crippen LogP contribution in [0.25, 0.3) is 0 Å². The van der Waals surface area contributed by atoms with E-state index < -0.39 is 32.5 Å². The fourth-order valence-electron chi connectivity index (χ4n) is 5.08. The lowest BCUT2D eigenvalue weighted by atomic mass is 10.1. The van der Waals surface area contributed by atoms with Crippen molar-refractivity contribution < 1.29 is 46.8 Å². The molecule has 0 aromatic heterocycles. The van der Waals surface area contributed by atoms with Crippen LogP contribution in [0.4, 0.5) is 0 Å². The van der Waals surface area contributed by atoms with Gasteiger partial charge in [-0.2, -0.15) is 0 Å². The van der Waals surface area contributed by atoms with Gasteiger partial charge >= 0.3 is 11.9 Å². The number of carbonyl (C=O) groups excluding carboxylic acids is 3. The molecule has 53 heavy (non-hydrogen) atoms. The highest BCUT2D eigenvalue weighted by Crippen LogP contribution is 2.38.